The highest BCUT2D eigenvalue weighted by Gasteiger charge is 2.15. The summed E-state index contributed by atoms with van der Waals surface area (Å²) in [6.45, 7) is 3.97. The van der Waals surface area contributed by atoms with E-state index in [-0.39, 0.29) is 0 Å². The highest BCUT2D eigenvalue weighted by Crippen LogP contribution is 2.11. The lowest BCUT2D eigenvalue weighted by molar-refractivity contribution is 0.583. The molecule has 1 unspecified atom stereocenters. The fourth-order valence-electron chi connectivity index (χ4n) is 0.689. The zero-order chi connectivity index (χ0) is 9.45. The minimum absolute atomic E-state index is 0.626. The number of nitrogens with two attached hydrogens (primary N) is 1. The molecule has 0 aliphatic rings. The van der Waals surface area contributed by atoms with E-state index in [9.17, 15) is 0 Å². The maximum absolute atomic E-state index is 8.61. The van der Waals surface area contributed by atoms with Gasteiger partial charge in [-0.25, -0.2) is 0 Å². The third kappa shape index (κ3) is 6.51. The van der Waals surface area contributed by atoms with Crippen LogP contribution in [0.1, 0.15) is 33.1 Å². The van der Waals surface area contributed by atoms with Crippen molar-refractivity contribution in [3.63, 3.8) is 0 Å². The number of nitriles is 1. The van der Waals surface area contributed by atoms with Gasteiger partial charge >= 0.3 is 0 Å². The fourth-order valence-corrected chi connectivity index (χ4v) is 1.95. The predicted molar refractivity (Wildman–Crippen MR) is 55.1 cm³/mol. The van der Waals surface area contributed by atoms with E-state index >= 15 is 0 Å². The Morgan fingerprint density at radius 1 is 1.50 bits per heavy atom. The lowest BCUT2D eigenvalue weighted by atomic mass is 10.0. The number of nitrogens with zero attached hydrogens (tertiary/aromatic N) is 1. The second-order valence-electron chi connectivity index (χ2n) is 3.25. The van der Waals surface area contributed by atoms with Crippen molar-refractivity contribution in [3.8, 4) is 6.07 Å². The van der Waals surface area contributed by atoms with Gasteiger partial charge in [0.15, 0.2) is 0 Å². The molecular formula is C9H18N2S. The topological polar surface area (TPSA) is 49.8 Å². The van der Waals surface area contributed by atoms with Crippen molar-refractivity contribution in [2.75, 3.05) is 11.5 Å². The summed E-state index contributed by atoms with van der Waals surface area (Å²) < 4.78 is 0. The minimum atomic E-state index is -0.626. The smallest absolute Gasteiger partial charge is 0.102 e. The molecule has 70 valence electrons. The Labute approximate surface area is 79.5 Å². The zero-order valence-corrected chi connectivity index (χ0v) is 8.78. The Hall–Kier alpha value is -0.200. The molecule has 2 nitrogen and oxygen atoms in total. The zero-order valence-electron chi connectivity index (χ0n) is 7.97. The molecule has 0 aromatic carbocycles. The van der Waals surface area contributed by atoms with Gasteiger partial charge in [0.05, 0.1) is 6.07 Å². The quantitative estimate of drug-likeness (QED) is 0.647. The largest absolute Gasteiger partial charge is 0.314 e. The Kier molecular flexibility index (Phi) is 6.23. The standard InChI is InChI=1S/C9H18N2S/c1-3-4-6-12-7-5-9(2,11)8-10/h3-7,11H2,1-2H3. The average molecular weight is 186 g/mol. The Balaban J connectivity index is 3.27. The second-order valence-corrected chi connectivity index (χ2v) is 4.47. The van der Waals surface area contributed by atoms with E-state index in [1.807, 2.05) is 11.8 Å². The molecule has 0 aromatic rings. The molecule has 0 aliphatic carbocycles. The third-order valence-corrected chi connectivity index (χ3v) is 2.73. The van der Waals surface area contributed by atoms with Gasteiger partial charge in [-0.1, -0.05) is 13.3 Å². The van der Waals surface area contributed by atoms with Gasteiger partial charge in [-0.05, 0) is 31.3 Å². The lowest BCUT2D eigenvalue weighted by Gasteiger charge is -2.13. The molecule has 0 saturated carbocycles. The highest BCUT2D eigenvalue weighted by molar-refractivity contribution is 7.99. The van der Waals surface area contributed by atoms with Crippen LogP contribution in [0.25, 0.3) is 0 Å². The van der Waals surface area contributed by atoms with E-state index in [4.69, 9.17) is 11.0 Å². The first kappa shape index (κ1) is 11.8. The number of thioether (sulfide) groups is 1. The van der Waals surface area contributed by atoms with Crippen LogP contribution in [-0.2, 0) is 0 Å². The van der Waals surface area contributed by atoms with Crippen LogP contribution in [0.2, 0.25) is 0 Å². The molecule has 12 heavy (non-hydrogen) atoms. The summed E-state index contributed by atoms with van der Waals surface area (Å²) in [5.41, 5.74) is 5.03. The molecule has 0 aliphatic heterocycles. The highest BCUT2D eigenvalue weighted by atomic mass is 32.2. The van der Waals surface area contributed by atoms with E-state index in [2.05, 4.69) is 13.0 Å². The molecule has 0 aromatic heterocycles. The molecule has 0 amide bonds. The molecule has 0 fully saturated rings. The van der Waals surface area contributed by atoms with Crippen LogP contribution in [-0.4, -0.2) is 17.0 Å². The summed E-state index contributed by atoms with van der Waals surface area (Å²) in [5, 5.41) is 8.61. The molecule has 3 heteroatoms. The third-order valence-electron chi connectivity index (χ3n) is 1.66. The first-order valence-electron chi connectivity index (χ1n) is 4.40. The van der Waals surface area contributed by atoms with Crippen molar-refractivity contribution in [1.29, 1.82) is 5.26 Å². The maximum atomic E-state index is 8.61. The van der Waals surface area contributed by atoms with E-state index in [0.29, 0.717) is 0 Å². The normalized spacial score (nSPS) is 15.2. The Morgan fingerprint density at radius 2 is 2.17 bits per heavy atom. The van der Waals surface area contributed by atoms with Gasteiger partial charge in [0.2, 0.25) is 0 Å². The summed E-state index contributed by atoms with van der Waals surface area (Å²) in [4.78, 5) is 0. The molecule has 0 radical (unpaired) electrons. The van der Waals surface area contributed by atoms with Crippen molar-refractivity contribution >= 4 is 11.8 Å². The van der Waals surface area contributed by atoms with Crippen LogP contribution < -0.4 is 5.73 Å². The average Bonchev–Trinajstić information content (AvgIpc) is 2.04. The minimum Gasteiger partial charge on any atom is -0.314 e. The van der Waals surface area contributed by atoms with Crippen LogP contribution in [0.5, 0.6) is 0 Å². The summed E-state index contributed by atoms with van der Waals surface area (Å²) in [6.07, 6.45) is 3.29. The molecule has 2 N–H and O–H groups in total. The van der Waals surface area contributed by atoms with Crippen molar-refractivity contribution in [3.05, 3.63) is 0 Å². The number of rotatable bonds is 6. The van der Waals surface area contributed by atoms with Crippen LogP contribution >= 0.6 is 11.8 Å². The fraction of sp³-hybridized carbons (Fsp3) is 0.889. The molecule has 0 rings (SSSR count). The summed E-state index contributed by atoms with van der Waals surface area (Å²) in [7, 11) is 0. The van der Waals surface area contributed by atoms with Gasteiger partial charge in [-0.3, -0.25) is 0 Å². The van der Waals surface area contributed by atoms with Gasteiger partial charge in [0.25, 0.3) is 0 Å². The monoisotopic (exact) mass is 186 g/mol. The lowest BCUT2D eigenvalue weighted by Crippen LogP contribution is -2.34. The number of hydrogen-bond acceptors (Lipinski definition) is 3. The number of unbranched alkanes of at least 4 members (excludes halogenated alkanes) is 1. The summed E-state index contributed by atoms with van der Waals surface area (Å²) >= 11 is 1.89. The van der Waals surface area contributed by atoms with Crippen LogP contribution in [0.3, 0.4) is 0 Å². The van der Waals surface area contributed by atoms with Gasteiger partial charge < -0.3 is 5.73 Å². The van der Waals surface area contributed by atoms with E-state index < -0.39 is 5.54 Å². The first-order chi connectivity index (χ1) is 5.62. The predicted octanol–water partition coefficient (Wildman–Crippen LogP) is 2.15. The van der Waals surface area contributed by atoms with Crippen molar-refractivity contribution in [2.45, 2.75) is 38.6 Å². The molecule has 0 spiro atoms. The second kappa shape index (κ2) is 6.33. The molecule has 0 bridgehead atoms. The van der Waals surface area contributed by atoms with Gasteiger partial charge in [-0.15, -0.1) is 0 Å². The Bertz CT molecular complexity index is 149. The Morgan fingerprint density at radius 3 is 2.67 bits per heavy atom. The first-order valence-corrected chi connectivity index (χ1v) is 5.55. The van der Waals surface area contributed by atoms with Crippen LogP contribution in [0.15, 0.2) is 0 Å². The summed E-state index contributed by atoms with van der Waals surface area (Å²) in [5.74, 6) is 2.19. The van der Waals surface area contributed by atoms with Crippen LogP contribution in [0, 0.1) is 11.3 Å². The summed E-state index contributed by atoms with van der Waals surface area (Å²) in [6, 6.07) is 2.10. The molecule has 0 saturated heterocycles. The van der Waals surface area contributed by atoms with Gasteiger partial charge in [0.1, 0.15) is 5.54 Å². The molecular weight excluding hydrogens is 168 g/mol. The van der Waals surface area contributed by atoms with E-state index in [0.717, 1.165) is 12.2 Å². The SMILES string of the molecule is CCCCSCCC(C)(N)C#N. The van der Waals surface area contributed by atoms with Crippen molar-refractivity contribution < 1.29 is 0 Å². The maximum Gasteiger partial charge on any atom is 0.102 e. The van der Waals surface area contributed by atoms with Gasteiger partial charge in [-0.2, -0.15) is 17.0 Å². The van der Waals surface area contributed by atoms with Crippen molar-refractivity contribution in [1.82, 2.24) is 0 Å². The van der Waals surface area contributed by atoms with Gasteiger partial charge in [0, 0.05) is 0 Å². The number of hydrogen-bond donors (Lipinski definition) is 1. The molecule has 1 atom stereocenters. The van der Waals surface area contributed by atoms with E-state index in [1.165, 1.54) is 18.6 Å². The van der Waals surface area contributed by atoms with Crippen molar-refractivity contribution in [2.24, 2.45) is 5.73 Å². The molecule has 0 heterocycles. The van der Waals surface area contributed by atoms with E-state index in [1.54, 1.807) is 6.92 Å². The van der Waals surface area contributed by atoms with Crippen LogP contribution in [0.4, 0.5) is 0 Å².